The standard InChI is InChI=1S/C11H13N3S/c1-2-8-4-3-5-9(6-8)14-11-13-7-10(12)15-11/h3-7H,2,12H2,1H3,(H,13,14). The monoisotopic (exact) mass is 219 g/mol. The number of nitrogen functional groups attached to an aromatic ring is 1. The number of nitrogens with one attached hydrogen (secondary N) is 1. The average molecular weight is 219 g/mol. The second kappa shape index (κ2) is 4.31. The van der Waals surface area contributed by atoms with Crippen LogP contribution in [0.15, 0.2) is 30.5 Å². The molecule has 2 aromatic rings. The number of hydrogen-bond acceptors (Lipinski definition) is 4. The fourth-order valence-electron chi connectivity index (χ4n) is 1.34. The van der Waals surface area contributed by atoms with Crippen molar-refractivity contribution in [3.8, 4) is 0 Å². The molecule has 3 nitrogen and oxygen atoms in total. The topological polar surface area (TPSA) is 50.9 Å². The van der Waals surface area contributed by atoms with Gasteiger partial charge in [-0.15, -0.1) is 0 Å². The van der Waals surface area contributed by atoms with Crippen molar-refractivity contribution in [2.45, 2.75) is 13.3 Å². The molecule has 1 heterocycles. The number of anilines is 3. The van der Waals surface area contributed by atoms with E-state index >= 15 is 0 Å². The van der Waals surface area contributed by atoms with Crippen molar-refractivity contribution < 1.29 is 0 Å². The van der Waals surface area contributed by atoms with E-state index in [9.17, 15) is 0 Å². The molecule has 15 heavy (non-hydrogen) atoms. The highest BCUT2D eigenvalue weighted by molar-refractivity contribution is 7.19. The molecule has 0 amide bonds. The van der Waals surface area contributed by atoms with Crippen molar-refractivity contribution in [1.29, 1.82) is 0 Å². The number of nitrogens with zero attached hydrogens (tertiary/aromatic N) is 1. The van der Waals surface area contributed by atoms with E-state index in [0.29, 0.717) is 0 Å². The van der Waals surface area contributed by atoms with Crippen LogP contribution in [0.1, 0.15) is 12.5 Å². The first-order valence-corrected chi connectivity index (χ1v) is 5.67. The summed E-state index contributed by atoms with van der Waals surface area (Å²) in [6, 6.07) is 8.30. The third-order valence-corrected chi connectivity index (χ3v) is 2.85. The van der Waals surface area contributed by atoms with E-state index in [1.54, 1.807) is 6.20 Å². The molecule has 78 valence electrons. The summed E-state index contributed by atoms with van der Waals surface area (Å²) in [5.74, 6) is 0. The van der Waals surface area contributed by atoms with Crippen molar-refractivity contribution >= 4 is 27.2 Å². The fraction of sp³-hybridized carbons (Fsp3) is 0.182. The minimum Gasteiger partial charge on any atom is -0.389 e. The predicted octanol–water partition coefficient (Wildman–Crippen LogP) is 3.03. The van der Waals surface area contributed by atoms with Gasteiger partial charge < -0.3 is 11.1 Å². The first-order chi connectivity index (χ1) is 7.28. The summed E-state index contributed by atoms with van der Waals surface area (Å²) in [6.07, 6.45) is 2.70. The van der Waals surface area contributed by atoms with Gasteiger partial charge in [-0.2, -0.15) is 0 Å². The summed E-state index contributed by atoms with van der Waals surface area (Å²) >= 11 is 1.45. The molecule has 0 bridgehead atoms. The van der Waals surface area contributed by atoms with Gasteiger partial charge in [0.05, 0.1) is 6.20 Å². The molecule has 0 saturated carbocycles. The van der Waals surface area contributed by atoms with Crippen LogP contribution in [0.5, 0.6) is 0 Å². The minimum absolute atomic E-state index is 0.726. The molecule has 0 aliphatic carbocycles. The van der Waals surface area contributed by atoms with Crippen LogP contribution in [0, 0.1) is 0 Å². The summed E-state index contributed by atoms with van der Waals surface area (Å²) in [5, 5.41) is 4.79. The van der Waals surface area contributed by atoms with E-state index in [2.05, 4.69) is 29.4 Å². The summed E-state index contributed by atoms with van der Waals surface area (Å²) in [7, 11) is 0. The smallest absolute Gasteiger partial charge is 0.189 e. The number of nitrogens with two attached hydrogens (primary N) is 1. The van der Waals surface area contributed by atoms with Gasteiger partial charge in [-0.25, -0.2) is 4.98 Å². The molecule has 0 fully saturated rings. The zero-order valence-corrected chi connectivity index (χ0v) is 9.34. The molecule has 0 unspecified atom stereocenters. The van der Waals surface area contributed by atoms with Crippen molar-refractivity contribution in [1.82, 2.24) is 4.98 Å². The Balaban J connectivity index is 2.16. The minimum atomic E-state index is 0.726. The van der Waals surface area contributed by atoms with Gasteiger partial charge in [0.15, 0.2) is 5.13 Å². The molecule has 1 aromatic carbocycles. The lowest BCUT2D eigenvalue weighted by Crippen LogP contribution is -1.90. The molecule has 0 radical (unpaired) electrons. The molecule has 0 saturated heterocycles. The van der Waals surface area contributed by atoms with Crippen LogP contribution in [0.4, 0.5) is 15.8 Å². The van der Waals surface area contributed by atoms with Crippen LogP contribution in [-0.2, 0) is 6.42 Å². The number of hydrogen-bond donors (Lipinski definition) is 2. The Kier molecular flexibility index (Phi) is 2.87. The summed E-state index contributed by atoms with van der Waals surface area (Å²) in [6.45, 7) is 2.14. The average Bonchev–Trinajstić information content (AvgIpc) is 2.64. The van der Waals surface area contributed by atoms with E-state index in [-0.39, 0.29) is 0 Å². The lowest BCUT2D eigenvalue weighted by molar-refractivity contribution is 1.14. The molecule has 0 aliphatic heterocycles. The number of benzene rings is 1. The van der Waals surface area contributed by atoms with Crippen LogP contribution < -0.4 is 11.1 Å². The zero-order chi connectivity index (χ0) is 10.7. The lowest BCUT2D eigenvalue weighted by Gasteiger charge is -2.03. The number of thiazole rings is 1. The Morgan fingerprint density at radius 2 is 2.33 bits per heavy atom. The van der Waals surface area contributed by atoms with Crippen LogP contribution in [0.2, 0.25) is 0 Å². The molecule has 0 spiro atoms. The van der Waals surface area contributed by atoms with Crippen LogP contribution in [0.25, 0.3) is 0 Å². The van der Waals surface area contributed by atoms with Crippen LogP contribution in [-0.4, -0.2) is 4.98 Å². The molecule has 3 N–H and O–H groups in total. The maximum atomic E-state index is 5.60. The normalized spacial score (nSPS) is 10.2. The second-order valence-corrected chi connectivity index (χ2v) is 4.31. The maximum absolute atomic E-state index is 5.60. The van der Waals surface area contributed by atoms with Crippen molar-refractivity contribution in [3.63, 3.8) is 0 Å². The van der Waals surface area contributed by atoms with Gasteiger partial charge in [-0.05, 0) is 24.1 Å². The van der Waals surface area contributed by atoms with Gasteiger partial charge >= 0.3 is 0 Å². The molecule has 4 heteroatoms. The third kappa shape index (κ3) is 2.47. The van der Waals surface area contributed by atoms with Crippen molar-refractivity contribution in [2.75, 3.05) is 11.1 Å². The van der Waals surface area contributed by atoms with Crippen LogP contribution >= 0.6 is 11.3 Å². The first kappa shape index (κ1) is 9.98. The van der Waals surface area contributed by atoms with Gasteiger partial charge in [-0.1, -0.05) is 30.4 Å². The first-order valence-electron chi connectivity index (χ1n) is 4.85. The van der Waals surface area contributed by atoms with Gasteiger partial charge in [0.25, 0.3) is 0 Å². The summed E-state index contributed by atoms with van der Waals surface area (Å²) in [4.78, 5) is 4.15. The predicted molar refractivity (Wildman–Crippen MR) is 65.6 cm³/mol. The fourth-order valence-corrected chi connectivity index (χ4v) is 1.94. The van der Waals surface area contributed by atoms with E-state index in [1.807, 2.05) is 12.1 Å². The summed E-state index contributed by atoms with van der Waals surface area (Å²) < 4.78 is 0. The SMILES string of the molecule is CCc1cccc(Nc2ncc(N)s2)c1. The zero-order valence-electron chi connectivity index (χ0n) is 8.53. The highest BCUT2D eigenvalue weighted by Crippen LogP contribution is 2.24. The second-order valence-electron chi connectivity index (χ2n) is 3.25. The van der Waals surface area contributed by atoms with E-state index < -0.39 is 0 Å². The van der Waals surface area contributed by atoms with Gasteiger partial charge in [0.2, 0.25) is 0 Å². The Labute approximate surface area is 93.0 Å². The molecule has 0 aliphatic rings. The van der Waals surface area contributed by atoms with E-state index in [1.165, 1.54) is 16.9 Å². The Bertz CT molecular complexity index is 451. The number of rotatable bonds is 3. The largest absolute Gasteiger partial charge is 0.389 e. The molecular formula is C11H13N3S. The Morgan fingerprint density at radius 3 is 3.00 bits per heavy atom. The highest BCUT2D eigenvalue weighted by atomic mass is 32.1. The lowest BCUT2D eigenvalue weighted by atomic mass is 10.1. The summed E-state index contributed by atoms with van der Waals surface area (Å²) in [5.41, 5.74) is 7.97. The van der Waals surface area contributed by atoms with E-state index in [0.717, 1.165) is 22.2 Å². The third-order valence-electron chi connectivity index (χ3n) is 2.11. The Hall–Kier alpha value is -1.55. The van der Waals surface area contributed by atoms with Crippen molar-refractivity contribution in [3.05, 3.63) is 36.0 Å². The van der Waals surface area contributed by atoms with Gasteiger partial charge in [0.1, 0.15) is 5.00 Å². The Morgan fingerprint density at radius 1 is 1.47 bits per heavy atom. The number of aromatic nitrogens is 1. The van der Waals surface area contributed by atoms with Gasteiger partial charge in [-0.3, -0.25) is 0 Å². The molecule has 2 rings (SSSR count). The number of aryl methyl sites for hydroxylation is 1. The van der Waals surface area contributed by atoms with E-state index in [4.69, 9.17) is 5.73 Å². The van der Waals surface area contributed by atoms with Crippen LogP contribution in [0.3, 0.4) is 0 Å². The molecule has 1 aromatic heterocycles. The quantitative estimate of drug-likeness (QED) is 0.834. The molecule has 0 atom stereocenters. The molecular weight excluding hydrogens is 206 g/mol. The van der Waals surface area contributed by atoms with Crippen molar-refractivity contribution in [2.24, 2.45) is 0 Å². The highest BCUT2D eigenvalue weighted by Gasteiger charge is 1.99. The van der Waals surface area contributed by atoms with Gasteiger partial charge in [0, 0.05) is 5.69 Å². The maximum Gasteiger partial charge on any atom is 0.189 e.